The molecule has 0 atom stereocenters. The monoisotopic (exact) mass is 491 g/mol. The third kappa shape index (κ3) is 4.34. The number of nitrogens with zero attached hydrogens (tertiary/aromatic N) is 6. The molecule has 0 fully saturated rings. The summed E-state index contributed by atoms with van der Waals surface area (Å²) in [6.45, 7) is 0.313. The molecule has 0 bridgehead atoms. The van der Waals surface area contributed by atoms with E-state index in [4.69, 9.17) is 23.2 Å². The maximum absolute atomic E-state index is 11.9. The van der Waals surface area contributed by atoms with Crippen molar-refractivity contribution in [2.75, 3.05) is 22.9 Å². The van der Waals surface area contributed by atoms with Gasteiger partial charge in [-0.2, -0.15) is 0 Å². The predicted octanol–water partition coefficient (Wildman–Crippen LogP) is 3.74. The Balaban J connectivity index is 1.62. The highest BCUT2D eigenvalue weighted by Gasteiger charge is 2.18. The first-order valence-electron chi connectivity index (χ1n) is 9.41. The molecule has 4 aromatic rings. The zero-order chi connectivity index (χ0) is 23.0. The van der Waals surface area contributed by atoms with Crippen molar-refractivity contribution < 1.29 is 8.42 Å². The molecular weight excluding hydrogens is 473 g/mol. The van der Waals surface area contributed by atoms with Gasteiger partial charge in [0.15, 0.2) is 11.6 Å². The predicted molar refractivity (Wildman–Crippen MR) is 127 cm³/mol. The molecule has 9 nitrogen and oxygen atoms in total. The lowest BCUT2D eigenvalue weighted by Crippen LogP contribution is -2.27. The van der Waals surface area contributed by atoms with Crippen LogP contribution in [0.5, 0.6) is 0 Å². The van der Waals surface area contributed by atoms with E-state index in [9.17, 15) is 8.42 Å². The van der Waals surface area contributed by atoms with Gasteiger partial charge in [-0.25, -0.2) is 28.4 Å². The summed E-state index contributed by atoms with van der Waals surface area (Å²) in [7, 11) is -0.125. The van der Waals surface area contributed by atoms with Crippen LogP contribution in [-0.4, -0.2) is 46.2 Å². The fourth-order valence-corrected chi connectivity index (χ4v) is 3.94. The van der Waals surface area contributed by atoms with Crippen LogP contribution in [0.2, 0.25) is 10.0 Å². The number of hydrogen-bond acceptors (Lipinski definition) is 7. The standard InChI is InChI=1S/C20H19Cl2N7O2S/c1-28-16-10-14(22)13(21)9-15(16)26-20(28)18-23-8-6-17(27-18)25-11-12-5-4-7-24-19(12)29(2)32(3,30)31/h4-10H,11H2,1-3H3,(H,23,25,27). The normalized spacial score (nSPS) is 11.7. The van der Waals surface area contributed by atoms with E-state index in [1.807, 2.05) is 11.6 Å². The lowest BCUT2D eigenvalue weighted by molar-refractivity contribution is 0.599. The van der Waals surface area contributed by atoms with Crippen LogP contribution in [-0.2, 0) is 23.6 Å². The molecule has 166 valence electrons. The molecule has 0 aliphatic rings. The second-order valence-electron chi connectivity index (χ2n) is 7.09. The van der Waals surface area contributed by atoms with E-state index in [1.165, 1.54) is 7.05 Å². The first kappa shape index (κ1) is 22.3. The Hall–Kier alpha value is -2.95. The molecule has 1 aromatic carbocycles. The van der Waals surface area contributed by atoms with Gasteiger partial charge in [0.05, 0.1) is 27.3 Å². The topological polar surface area (TPSA) is 106 Å². The van der Waals surface area contributed by atoms with E-state index >= 15 is 0 Å². The molecule has 4 rings (SSSR count). The summed E-state index contributed by atoms with van der Waals surface area (Å²) in [6.07, 6.45) is 4.30. The van der Waals surface area contributed by atoms with Crippen molar-refractivity contribution in [3.8, 4) is 11.6 Å². The molecule has 0 radical (unpaired) electrons. The summed E-state index contributed by atoms with van der Waals surface area (Å²) in [5.41, 5.74) is 2.19. The summed E-state index contributed by atoms with van der Waals surface area (Å²) in [5, 5.41) is 4.06. The summed E-state index contributed by atoms with van der Waals surface area (Å²) in [6, 6.07) is 8.72. The number of aryl methyl sites for hydroxylation is 1. The van der Waals surface area contributed by atoms with Crippen LogP contribution in [0.15, 0.2) is 42.7 Å². The number of pyridine rings is 1. The van der Waals surface area contributed by atoms with Crippen molar-refractivity contribution >= 4 is 55.9 Å². The minimum absolute atomic E-state index is 0.313. The van der Waals surface area contributed by atoms with Gasteiger partial charge in [0.1, 0.15) is 11.6 Å². The third-order valence-corrected chi connectivity index (χ3v) is 6.79. The van der Waals surface area contributed by atoms with Gasteiger partial charge in [0.25, 0.3) is 0 Å². The number of benzene rings is 1. The van der Waals surface area contributed by atoms with Crippen LogP contribution < -0.4 is 9.62 Å². The molecule has 0 unspecified atom stereocenters. The van der Waals surface area contributed by atoms with E-state index in [0.717, 1.165) is 16.1 Å². The van der Waals surface area contributed by atoms with Crippen LogP contribution in [0, 0.1) is 0 Å². The molecule has 3 heterocycles. The van der Waals surface area contributed by atoms with Crippen molar-refractivity contribution in [2.24, 2.45) is 7.05 Å². The summed E-state index contributed by atoms with van der Waals surface area (Å²) >= 11 is 12.3. The first-order chi connectivity index (χ1) is 15.1. The van der Waals surface area contributed by atoms with Gasteiger partial charge in [0, 0.05) is 38.6 Å². The third-order valence-electron chi connectivity index (χ3n) is 4.90. The maximum Gasteiger partial charge on any atom is 0.233 e. The van der Waals surface area contributed by atoms with Crippen molar-refractivity contribution in [3.63, 3.8) is 0 Å². The van der Waals surface area contributed by atoms with E-state index in [1.54, 1.807) is 42.7 Å². The first-order valence-corrected chi connectivity index (χ1v) is 12.0. The van der Waals surface area contributed by atoms with Gasteiger partial charge in [-0.15, -0.1) is 0 Å². The van der Waals surface area contributed by atoms with Crippen LogP contribution in [0.1, 0.15) is 5.56 Å². The summed E-state index contributed by atoms with van der Waals surface area (Å²) < 4.78 is 26.8. The molecule has 0 aliphatic heterocycles. The van der Waals surface area contributed by atoms with Gasteiger partial charge in [-0.3, -0.25) is 4.31 Å². The van der Waals surface area contributed by atoms with Crippen LogP contribution in [0.3, 0.4) is 0 Å². The Morgan fingerprint density at radius 3 is 2.59 bits per heavy atom. The molecule has 0 saturated carbocycles. The van der Waals surface area contributed by atoms with Gasteiger partial charge in [-0.1, -0.05) is 29.3 Å². The van der Waals surface area contributed by atoms with E-state index in [0.29, 0.717) is 51.0 Å². The van der Waals surface area contributed by atoms with Crippen molar-refractivity contribution in [1.29, 1.82) is 0 Å². The van der Waals surface area contributed by atoms with Crippen molar-refractivity contribution in [3.05, 3.63) is 58.3 Å². The zero-order valence-electron chi connectivity index (χ0n) is 17.4. The fraction of sp³-hybridized carbons (Fsp3) is 0.200. The Kier molecular flexibility index (Phi) is 5.93. The van der Waals surface area contributed by atoms with Crippen molar-refractivity contribution in [1.82, 2.24) is 24.5 Å². The lowest BCUT2D eigenvalue weighted by atomic mass is 10.2. The smallest absolute Gasteiger partial charge is 0.233 e. The number of imidazole rings is 1. The average Bonchev–Trinajstić information content (AvgIpc) is 3.07. The van der Waals surface area contributed by atoms with Gasteiger partial charge >= 0.3 is 0 Å². The highest BCUT2D eigenvalue weighted by Crippen LogP contribution is 2.30. The average molecular weight is 492 g/mol. The van der Waals surface area contributed by atoms with Crippen molar-refractivity contribution in [2.45, 2.75) is 6.54 Å². The molecule has 0 amide bonds. The van der Waals surface area contributed by atoms with E-state index < -0.39 is 10.0 Å². The molecule has 32 heavy (non-hydrogen) atoms. The van der Waals surface area contributed by atoms with E-state index in [2.05, 4.69) is 25.3 Å². The molecule has 0 saturated heterocycles. The van der Waals surface area contributed by atoms with Crippen LogP contribution in [0.4, 0.5) is 11.6 Å². The summed E-state index contributed by atoms with van der Waals surface area (Å²) in [5.74, 6) is 1.87. The number of fused-ring (bicyclic) bond motifs is 1. The minimum atomic E-state index is -3.44. The Morgan fingerprint density at radius 2 is 1.84 bits per heavy atom. The fourth-order valence-electron chi connectivity index (χ4n) is 3.15. The molecular formula is C20H19Cl2N7O2S. The van der Waals surface area contributed by atoms with Gasteiger partial charge < -0.3 is 9.88 Å². The maximum atomic E-state index is 11.9. The van der Waals surface area contributed by atoms with Crippen LogP contribution in [0.25, 0.3) is 22.7 Å². The van der Waals surface area contributed by atoms with Gasteiger partial charge in [0.2, 0.25) is 10.0 Å². The molecule has 1 N–H and O–H groups in total. The van der Waals surface area contributed by atoms with Crippen LogP contribution >= 0.6 is 23.2 Å². The quantitative estimate of drug-likeness (QED) is 0.437. The molecule has 3 aromatic heterocycles. The molecule has 0 spiro atoms. The number of rotatable bonds is 6. The minimum Gasteiger partial charge on any atom is -0.366 e. The largest absolute Gasteiger partial charge is 0.366 e. The zero-order valence-corrected chi connectivity index (χ0v) is 19.7. The number of halogens is 2. The highest BCUT2D eigenvalue weighted by atomic mass is 35.5. The Bertz CT molecular complexity index is 1420. The SMILES string of the molecule is CN(c1ncccc1CNc1ccnc(-c2nc3cc(Cl)c(Cl)cc3n2C)n1)S(C)(=O)=O. The van der Waals surface area contributed by atoms with Gasteiger partial charge in [-0.05, 0) is 24.3 Å². The van der Waals surface area contributed by atoms with E-state index in [-0.39, 0.29) is 0 Å². The number of sulfonamides is 1. The number of hydrogen-bond donors (Lipinski definition) is 1. The second kappa shape index (κ2) is 8.53. The molecule has 12 heteroatoms. The summed E-state index contributed by atoms with van der Waals surface area (Å²) in [4.78, 5) is 17.7. The second-order valence-corrected chi connectivity index (χ2v) is 9.91. The number of aromatic nitrogens is 5. The molecule has 0 aliphatic carbocycles. The Morgan fingerprint density at radius 1 is 1.09 bits per heavy atom. The Labute approximate surface area is 195 Å². The number of anilines is 2. The number of nitrogens with one attached hydrogen (secondary N) is 1. The highest BCUT2D eigenvalue weighted by molar-refractivity contribution is 7.92. The lowest BCUT2D eigenvalue weighted by Gasteiger charge is -2.19.